The minimum absolute atomic E-state index is 0.350. The fourth-order valence-corrected chi connectivity index (χ4v) is 3.26. The van der Waals surface area contributed by atoms with Gasteiger partial charge in [0.15, 0.2) is 0 Å². The lowest BCUT2D eigenvalue weighted by molar-refractivity contribution is 0.631. The van der Waals surface area contributed by atoms with E-state index in [1.54, 1.807) is 18.5 Å². The Balaban J connectivity index is 0.00000124. The van der Waals surface area contributed by atoms with Crippen molar-refractivity contribution in [3.63, 3.8) is 0 Å². The molecule has 0 fully saturated rings. The summed E-state index contributed by atoms with van der Waals surface area (Å²) in [6.45, 7) is 9.95. The number of anilines is 2. The Morgan fingerprint density at radius 3 is 2.53 bits per heavy atom. The van der Waals surface area contributed by atoms with Crippen LogP contribution < -0.4 is 5.32 Å². The highest BCUT2D eigenvalue weighted by Gasteiger charge is 2.13. The van der Waals surface area contributed by atoms with Crippen LogP contribution in [0.4, 0.5) is 15.8 Å². The van der Waals surface area contributed by atoms with Crippen molar-refractivity contribution in [2.24, 2.45) is 0 Å². The van der Waals surface area contributed by atoms with Crippen LogP contribution in [0.2, 0.25) is 5.02 Å². The minimum Gasteiger partial charge on any atom is -0.354 e. The lowest BCUT2D eigenvalue weighted by Gasteiger charge is -2.15. The molecule has 0 aliphatic heterocycles. The lowest BCUT2D eigenvalue weighted by atomic mass is 10.0. The largest absolute Gasteiger partial charge is 0.354 e. The van der Waals surface area contributed by atoms with E-state index in [1.165, 1.54) is 12.1 Å². The van der Waals surface area contributed by atoms with Crippen molar-refractivity contribution < 1.29 is 4.39 Å². The van der Waals surface area contributed by atoms with Crippen LogP contribution in [0.3, 0.4) is 0 Å². The minimum atomic E-state index is -0.375. The highest BCUT2D eigenvalue weighted by atomic mass is 35.5. The maximum Gasteiger partial charge on any atom is 0.132 e. The Hall–Kier alpha value is -3.24. The summed E-state index contributed by atoms with van der Waals surface area (Å²) in [5.74, 6) is -0.375. The van der Waals surface area contributed by atoms with Gasteiger partial charge in [0.1, 0.15) is 5.82 Å². The summed E-state index contributed by atoms with van der Waals surface area (Å²) in [4.78, 5) is 8.82. The molecule has 0 aliphatic carbocycles. The summed E-state index contributed by atoms with van der Waals surface area (Å²) in [5.41, 5.74) is 5.12. The summed E-state index contributed by atoms with van der Waals surface area (Å²) in [7, 11) is 0. The average Bonchev–Trinajstić information content (AvgIpc) is 2.77. The number of rotatable bonds is 4. The SMILES string of the molecule is C=C(C)c1cnc(-c2cc(Cl)ccc2F)cc1Nc1ccnc2ccccc12.CC. The number of halogens is 2. The Labute approximate surface area is 181 Å². The third-order valence-corrected chi connectivity index (χ3v) is 4.72. The van der Waals surface area contributed by atoms with E-state index in [1.807, 2.05) is 57.2 Å². The average molecular weight is 420 g/mol. The van der Waals surface area contributed by atoms with Crippen LogP contribution in [0.1, 0.15) is 26.3 Å². The van der Waals surface area contributed by atoms with Crippen LogP contribution in [-0.4, -0.2) is 9.97 Å². The molecule has 4 aromatic rings. The smallest absolute Gasteiger partial charge is 0.132 e. The molecule has 152 valence electrons. The van der Waals surface area contributed by atoms with Gasteiger partial charge < -0.3 is 5.32 Å². The van der Waals surface area contributed by atoms with E-state index >= 15 is 0 Å². The molecule has 0 saturated carbocycles. The van der Waals surface area contributed by atoms with Gasteiger partial charge in [-0.15, -0.1) is 0 Å². The molecular weight excluding hydrogens is 397 g/mol. The third-order valence-electron chi connectivity index (χ3n) is 4.49. The van der Waals surface area contributed by atoms with Crippen molar-refractivity contribution in [3.05, 3.63) is 90.0 Å². The van der Waals surface area contributed by atoms with Gasteiger partial charge in [-0.05, 0) is 48.9 Å². The first-order valence-corrected chi connectivity index (χ1v) is 10.1. The first-order valence-electron chi connectivity index (χ1n) is 9.75. The van der Waals surface area contributed by atoms with E-state index in [9.17, 15) is 4.39 Å². The second-order valence-corrected chi connectivity index (χ2v) is 6.96. The second kappa shape index (κ2) is 9.51. The number of hydrogen-bond donors (Lipinski definition) is 1. The molecule has 2 aromatic carbocycles. The van der Waals surface area contributed by atoms with Crippen molar-refractivity contribution in [1.82, 2.24) is 9.97 Å². The van der Waals surface area contributed by atoms with Gasteiger partial charge in [-0.3, -0.25) is 9.97 Å². The fraction of sp³-hybridized carbons (Fsp3) is 0.120. The zero-order valence-electron chi connectivity index (χ0n) is 17.2. The normalized spacial score (nSPS) is 10.3. The van der Waals surface area contributed by atoms with Gasteiger partial charge >= 0.3 is 0 Å². The highest BCUT2D eigenvalue weighted by Crippen LogP contribution is 2.33. The summed E-state index contributed by atoms with van der Waals surface area (Å²) < 4.78 is 14.3. The van der Waals surface area contributed by atoms with Crippen molar-refractivity contribution in [3.8, 4) is 11.3 Å². The Morgan fingerprint density at radius 2 is 1.77 bits per heavy atom. The zero-order chi connectivity index (χ0) is 21.7. The molecule has 0 saturated heterocycles. The predicted octanol–water partition coefficient (Wildman–Crippen LogP) is 7.89. The Bertz CT molecular complexity index is 1200. The summed E-state index contributed by atoms with van der Waals surface area (Å²) in [6, 6.07) is 16.0. The quantitative estimate of drug-likeness (QED) is 0.365. The molecule has 0 spiro atoms. The number of aromatic nitrogens is 2. The molecule has 0 bridgehead atoms. The van der Waals surface area contributed by atoms with E-state index < -0.39 is 0 Å². The van der Waals surface area contributed by atoms with Crippen LogP contribution in [0, 0.1) is 5.82 Å². The van der Waals surface area contributed by atoms with Gasteiger partial charge in [0.25, 0.3) is 0 Å². The van der Waals surface area contributed by atoms with E-state index in [2.05, 4.69) is 21.9 Å². The van der Waals surface area contributed by atoms with Crippen LogP contribution >= 0.6 is 11.6 Å². The standard InChI is InChI=1S/C23H17ClFN3.C2H6/c1-14(2)18-13-27-22(17-11-15(24)7-8-19(17)25)12-23(18)28-21-9-10-26-20-6-4-3-5-16(20)21;1-2/h3-13H,1H2,2H3,(H,26,27,28);1-2H3. The van der Waals surface area contributed by atoms with Gasteiger partial charge in [-0.1, -0.05) is 50.2 Å². The molecule has 5 heteroatoms. The molecule has 0 unspecified atom stereocenters. The first-order chi connectivity index (χ1) is 14.5. The predicted molar refractivity (Wildman–Crippen MR) is 126 cm³/mol. The second-order valence-electron chi connectivity index (χ2n) is 6.52. The van der Waals surface area contributed by atoms with Crippen LogP contribution in [0.25, 0.3) is 27.7 Å². The molecule has 3 nitrogen and oxygen atoms in total. The number of nitrogens with zero attached hydrogens (tertiary/aromatic N) is 2. The van der Waals surface area contributed by atoms with E-state index in [-0.39, 0.29) is 5.82 Å². The van der Waals surface area contributed by atoms with Crippen molar-refractivity contribution in [2.75, 3.05) is 5.32 Å². The van der Waals surface area contributed by atoms with Crippen LogP contribution in [0.15, 0.2) is 73.6 Å². The Kier molecular flexibility index (Phi) is 6.80. The molecule has 2 heterocycles. The maximum absolute atomic E-state index is 14.3. The van der Waals surface area contributed by atoms with E-state index in [0.29, 0.717) is 16.3 Å². The van der Waals surface area contributed by atoms with Crippen molar-refractivity contribution in [1.29, 1.82) is 0 Å². The lowest BCUT2D eigenvalue weighted by Crippen LogP contribution is -1.99. The molecular formula is C25H23ClFN3. The topological polar surface area (TPSA) is 37.8 Å². The van der Waals surface area contributed by atoms with Crippen molar-refractivity contribution in [2.45, 2.75) is 20.8 Å². The van der Waals surface area contributed by atoms with E-state index in [0.717, 1.165) is 33.4 Å². The first kappa shape index (κ1) is 21.5. The number of hydrogen-bond acceptors (Lipinski definition) is 3. The van der Waals surface area contributed by atoms with Crippen LogP contribution in [-0.2, 0) is 0 Å². The zero-order valence-corrected chi connectivity index (χ0v) is 18.0. The molecule has 0 atom stereocenters. The summed E-state index contributed by atoms with van der Waals surface area (Å²) in [6.07, 6.45) is 3.45. The molecule has 0 radical (unpaired) electrons. The molecule has 30 heavy (non-hydrogen) atoms. The van der Waals surface area contributed by atoms with Gasteiger partial charge in [0, 0.05) is 45.3 Å². The van der Waals surface area contributed by atoms with Gasteiger partial charge in [0.05, 0.1) is 11.2 Å². The van der Waals surface area contributed by atoms with Gasteiger partial charge in [-0.25, -0.2) is 4.39 Å². The van der Waals surface area contributed by atoms with Crippen molar-refractivity contribution >= 4 is 39.5 Å². The molecule has 4 rings (SSSR count). The van der Waals surface area contributed by atoms with E-state index in [4.69, 9.17) is 11.6 Å². The van der Waals surface area contributed by atoms with Gasteiger partial charge in [-0.2, -0.15) is 0 Å². The monoisotopic (exact) mass is 419 g/mol. The summed E-state index contributed by atoms with van der Waals surface area (Å²) >= 11 is 6.05. The maximum atomic E-state index is 14.3. The molecule has 0 aliphatic rings. The number of pyridine rings is 2. The number of benzene rings is 2. The molecule has 0 amide bonds. The number of para-hydroxylation sites is 1. The fourth-order valence-electron chi connectivity index (χ4n) is 3.09. The highest BCUT2D eigenvalue weighted by molar-refractivity contribution is 6.30. The number of allylic oxidation sites excluding steroid dienone is 1. The molecule has 1 N–H and O–H groups in total. The number of fused-ring (bicyclic) bond motifs is 1. The van der Waals surface area contributed by atoms with Gasteiger partial charge in [0.2, 0.25) is 0 Å². The molecule has 2 aromatic heterocycles. The number of nitrogens with one attached hydrogen (secondary N) is 1. The van der Waals surface area contributed by atoms with Crippen LogP contribution in [0.5, 0.6) is 0 Å². The Morgan fingerprint density at radius 1 is 1.00 bits per heavy atom. The third kappa shape index (κ3) is 4.50. The summed E-state index contributed by atoms with van der Waals surface area (Å²) in [5, 5.41) is 4.89.